The first kappa shape index (κ1) is 15.7. The molecule has 1 unspecified atom stereocenters. The summed E-state index contributed by atoms with van der Waals surface area (Å²) in [6.07, 6.45) is 4.49. The first-order valence-electron chi connectivity index (χ1n) is 8.12. The molecule has 3 rings (SSSR count). The van der Waals surface area contributed by atoms with Gasteiger partial charge in [-0.05, 0) is 48.4 Å². The average molecular weight is 308 g/mol. The number of amides is 1. The van der Waals surface area contributed by atoms with Crippen LogP contribution >= 0.6 is 0 Å². The van der Waals surface area contributed by atoms with Crippen molar-refractivity contribution in [3.05, 3.63) is 65.0 Å². The third-order valence-corrected chi connectivity index (χ3v) is 5.25. The van der Waals surface area contributed by atoms with E-state index < -0.39 is 5.41 Å². The van der Waals surface area contributed by atoms with E-state index in [1.807, 2.05) is 19.2 Å². The van der Waals surface area contributed by atoms with Crippen LogP contribution in [0.4, 0.5) is 0 Å². The Morgan fingerprint density at radius 2 is 1.83 bits per heavy atom. The Bertz CT molecular complexity index is 734. The predicted molar refractivity (Wildman–Crippen MR) is 92.1 cm³/mol. The van der Waals surface area contributed by atoms with E-state index in [9.17, 15) is 4.79 Å². The highest BCUT2D eigenvalue weighted by atomic mass is 16.2. The number of carbonyl (C=O) groups is 1. The van der Waals surface area contributed by atoms with Crippen molar-refractivity contribution < 1.29 is 4.79 Å². The van der Waals surface area contributed by atoms with Gasteiger partial charge in [-0.3, -0.25) is 9.78 Å². The highest BCUT2D eigenvalue weighted by Crippen LogP contribution is 2.64. The molecule has 1 fully saturated rings. The van der Waals surface area contributed by atoms with Gasteiger partial charge in [0.15, 0.2) is 0 Å². The smallest absolute Gasteiger partial charge is 0.231 e. The quantitative estimate of drug-likeness (QED) is 0.936. The summed E-state index contributed by atoms with van der Waals surface area (Å²) in [7, 11) is 0. The van der Waals surface area contributed by atoms with Crippen molar-refractivity contribution in [3.8, 4) is 0 Å². The summed E-state index contributed by atoms with van der Waals surface area (Å²) >= 11 is 0. The Kier molecular flexibility index (Phi) is 3.75. The molecule has 1 aliphatic rings. The molecule has 0 spiro atoms. The van der Waals surface area contributed by atoms with Crippen LogP contribution in [0.3, 0.4) is 0 Å². The van der Waals surface area contributed by atoms with E-state index in [-0.39, 0.29) is 11.3 Å². The highest BCUT2D eigenvalue weighted by Gasteiger charge is 2.66. The zero-order valence-corrected chi connectivity index (χ0v) is 14.3. The zero-order valence-electron chi connectivity index (χ0n) is 14.3. The second-order valence-electron chi connectivity index (χ2n) is 7.32. The SMILES string of the molecule is Cc1ccc(C2(C(=O)NCc3ccncc3C)CC2(C)C)cc1. The number of nitrogens with one attached hydrogen (secondary N) is 1. The maximum Gasteiger partial charge on any atom is 0.231 e. The predicted octanol–water partition coefficient (Wildman–Crippen LogP) is 3.68. The summed E-state index contributed by atoms with van der Waals surface area (Å²) in [5.74, 6) is 0.127. The number of hydrogen-bond donors (Lipinski definition) is 1. The van der Waals surface area contributed by atoms with E-state index in [4.69, 9.17) is 0 Å². The van der Waals surface area contributed by atoms with E-state index in [0.717, 1.165) is 23.1 Å². The van der Waals surface area contributed by atoms with E-state index in [2.05, 4.69) is 55.3 Å². The normalized spacial score (nSPS) is 21.7. The lowest BCUT2D eigenvalue weighted by atomic mass is 9.86. The van der Waals surface area contributed by atoms with Gasteiger partial charge in [-0.25, -0.2) is 0 Å². The Morgan fingerprint density at radius 3 is 2.39 bits per heavy atom. The van der Waals surface area contributed by atoms with Crippen LogP contribution in [0.15, 0.2) is 42.7 Å². The molecule has 1 aliphatic carbocycles. The molecule has 1 amide bonds. The van der Waals surface area contributed by atoms with E-state index >= 15 is 0 Å². The topological polar surface area (TPSA) is 42.0 Å². The molecule has 23 heavy (non-hydrogen) atoms. The summed E-state index contributed by atoms with van der Waals surface area (Å²) in [6, 6.07) is 10.3. The molecular formula is C20H24N2O. The highest BCUT2D eigenvalue weighted by molar-refractivity contribution is 5.93. The second-order valence-corrected chi connectivity index (χ2v) is 7.32. The maximum absolute atomic E-state index is 13.0. The Labute approximate surface area is 138 Å². The lowest BCUT2D eigenvalue weighted by Crippen LogP contribution is -2.37. The Hall–Kier alpha value is -2.16. The molecule has 0 saturated heterocycles. The number of benzene rings is 1. The van der Waals surface area contributed by atoms with Crippen molar-refractivity contribution in [1.29, 1.82) is 0 Å². The number of aromatic nitrogens is 1. The molecule has 0 radical (unpaired) electrons. The number of nitrogens with zero attached hydrogens (tertiary/aromatic N) is 1. The monoisotopic (exact) mass is 308 g/mol. The molecular weight excluding hydrogens is 284 g/mol. The van der Waals surface area contributed by atoms with Gasteiger partial charge in [0.1, 0.15) is 0 Å². The number of rotatable bonds is 4. The van der Waals surface area contributed by atoms with Crippen molar-refractivity contribution >= 4 is 5.91 Å². The van der Waals surface area contributed by atoms with Crippen LogP contribution in [0, 0.1) is 19.3 Å². The molecule has 120 valence electrons. The number of hydrogen-bond acceptors (Lipinski definition) is 2. The molecule has 1 heterocycles. The lowest BCUT2D eigenvalue weighted by molar-refractivity contribution is -0.124. The van der Waals surface area contributed by atoms with Gasteiger partial charge < -0.3 is 5.32 Å². The largest absolute Gasteiger partial charge is 0.351 e. The Balaban J connectivity index is 1.81. The van der Waals surface area contributed by atoms with Crippen LogP contribution in [-0.4, -0.2) is 10.9 Å². The number of aryl methyl sites for hydroxylation is 2. The molecule has 3 nitrogen and oxygen atoms in total. The fourth-order valence-electron chi connectivity index (χ4n) is 3.50. The molecule has 0 bridgehead atoms. The summed E-state index contributed by atoms with van der Waals surface area (Å²) < 4.78 is 0. The van der Waals surface area contributed by atoms with Crippen LogP contribution in [0.1, 0.15) is 42.5 Å². The van der Waals surface area contributed by atoms with Gasteiger partial charge in [-0.15, -0.1) is 0 Å². The average Bonchev–Trinajstić information content (AvgIpc) is 3.11. The van der Waals surface area contributed by atoms with Gasteiger partial charge >= 0.3 is 0 Å². The van der Waals surface area contributed by atoms with Crippen LogP contribution in [0.2, 0.25) is 0 Å². The summed E-state index contributed by atoms with van der Waals surface area (Å²) in [5.41, 5.74) is 4.16. The van der Waals surface area contributed by atoms with Crippen molar-refractivity contribution in [2.24, 2.45) is 5.41 Å². The van der Waals surface area contributed by atoms with Crippen molar-refractivity contribution in [3.63, 3.8) is 0 Å². The fraction of sp³-hybridized carbons (Fsp3) is 0.400. The fourth-order valence-corrected chi connectivity index (χ4v) is 3.50. The van der Waals surface area contributed by atoms with Gasteiger partial charge in [0.2, 0.25) is 5.91 Å². The summed E-state index contributed by atoms with van der Waals surface area (Å²) in [6.45, 7) is 8.98. The van der Waals surface area contributed by atoms with Crippen molar-refractivity contribution in [1.82, 2.24) is 10.3 Å². The summed E-state index contributed by atoms with van der Waals surface area (Å²) in [5, 5.41) is 3.14. The molecule has 0 aliphatic heterocycles. The van der Waals surface area contributed by atoms with Gasteiger partial charge in [-0.2, -0.15) is 0 Å². The zero-order chi connectivity index (χ0) is 16.7. The maximum atomic E-state index is 13.0. The molecule has 1 atom stereocenters. The van der Waals surface area contributed by atoms with Crippen LogP contribution in [0.25, 0.3) is 0 Å². The van der Waals surface area contributed by atoms with Crippen molar-refractivity contribution in [2.75, 3.05) is 0 Å². The second kappa shape index (κ2) is 5.48. The molecule has 1 aromatic heterocycles. The van der Waals surface area contributed by atoms with E-state index in [1.165, 1.54) is 5.56 Å². The molecule has 1 aromatic carbocycles. The number of carbonyl (C=O) groups excluding carboxylic acids is 1. The molecule has 1 N–H and O–H groups in total. The van der Waals surface area contributed by atoms with Gasteiger partial charge in [0, 0.05) is 18.9 Å². The first-order valence-corrected chi connectivity index (χ1v) is 8.12. The summed E-state index contributed by atoms with van der Waals surface area (Å²) in [4.78, 5) is 17.1. The van der Waals surface area contributed by atoms with Gasteiger partial charge in [0.25, 0.3) is 0 Å². The van der Waals surface area contributed by atoms with Gasteiger partial charge in [-0.1, -0.05) is 43.7 Å². The standard InChI is InChI=1S/C20H24N2O/c1-14-5-7-17(8-6-14)20(13-19(20,3)4)18(23)22-12-16-9-10-21-11-15(16)2/h5-11H,12-13H2,1-4H3,(H,22,23). The Morgan fingerprint density at radius 1 is 1.17 bits per heavy atom. The van der Waals surface area contributed by atoms with E-state index in [1.54, 1.807) is 6.20 Å². The van der Waals surface area contributed by atoms with Crippen LogP contribution < -0.4 is 5.32 Å². The molecule has 2 aromatic rings. The molecule has 3 heteroatoms. The molecule has 1 saturated carbocycles. The third-order valence-electron chi connectivity index (χ3n) is 5.25. The number of pyridine rings is 1. The minimum absolute atomic E-state index is 0.000368. The minimum atomic E-state index is -0.401. The van der Waals surface area contributed by atoms with Crippen LogP contribution in [-0.2, 0) is 16.8 Å². The van der Waals surface area contributed by atoms with Crippen LogP contribution in [0.5, 0.6) is 0 Å². The van der Waals surface area contributed by atoms with Gasteiger partial charge in [0.05, 0.1) is 5.41 Å². The lowest BCUT2D eigenvalue weighted by Gasteiger charge is -2.21. The third kappa shape index (κ3) is 2.65. The van der Waals surface area contributed by atoms with E-state index in [0.29, 0.717) is 6.54 Å². The first-order chi connectivity index (χ1) is 10.9. The van der Waals surface area contributed by atoms with Crippen molar-refractivity contribution in [2.45, 2.75) is 46.1 Å². The minimum Gasteiger partial charge on any atom is -0.351 e.